The van der Waals surface area contributed by atoms with Crippen molar-refractivity contribution in [2.75, 3.05) is 13.1 Å². The predicted molar refractivity (Wildman–Crippen MR) is 163 cm³/mol. The number of carboxylic acid groups (broad SMARTS) is 1. The average molecular weight is 646 g/mol. The second-order valence-electron chi connectivity index (χ2n) is 10.9. The number of hydrogen-bond acceptors (Lipinski definition) is 4. The van der Waals surface area contributed by atoms with Gasteiger partial charge in [0.25, 0.3) is 5.91 Å². The van der Waals surface area contributed by atoms with E-state index in [-0.39, 0.29) is 42.6 Å². The fourth-order valence-corrected chi connectivity index (χ4v) is 6.35. The maximum absolute atomic E-state index is 12.7. The number of aliphatic carboxylic acids is 1. The Morgan fingerprint density at radius 1 is 0.955 bits per heavy atom. The molecular weight excluding hydrogens is 616 g/mol. The molecule has 1 aliphatic heterocycles. The zero-order valence-corrected chi connectivity index (χ0v) is 25.1. The number of nitrogens with zero attached hydrogens (tertiary/aromatic N) is 1. The van der Waals surface area contributed by atoms with Crippen molar-refractivity contribution in [1.82, 2.24) is 10.2 Å². The first-order valence-corrected chi connectivity index (χ1v) is 14.7. The molecule has 1 aliphatic rings. The first kappa shape index (κ1) is 31.6. The number of alkyl halides is 3. The summed E-state index contributed by atoms with van der Waals surface area (Å²) in [6.07, 6.45) is -4.17. The van der Waals surface area contributed by atoms with Gasteiger partial charge in [0.15, 0.2) is 0 Å². The number of hydrogen-bond donors (Lipinski definition) is 2. The lowest BCUT2D eigenvalue weighted by Crippen LogP contribution is -2.28. The van der Waals surface area contributed by atoms with Gasteiger partial charge in [-0.15, -0.1) is 13.2 Å². The van der Waals surface area contributed by atoms with Gasteiger partial charge in [-0.2, -0.15) is 0 Å². The average Bonchev–Trinajstić information content (AvgIpc) is 3.41. The van der Waals surface area contributed by atoms with Crippen LogP contribution in [0.1, 0.15) is 64.8 Å². The van der Waals surface area contributed by atoms with Gasteiger partial charge in [0.1, 0.15) is 5.75 Å². The number of fused-ring (bicyclic) bond motifs is 1. The van der Waals surface area contributed by atoms with Gasteiger partial charge in [0, 0.05) is 40.8 Å². The normalized spacial score (nSPS) is 17.9. The van der Waals surface area contributed by atoms with Crippen LogP contribution in [0.25, 0.3) is 10.8 Å². The van der Waals surface area contributed by atoms with E-state index in [1.807, 2.05) is 36.4 Å². The number of likely N-dealkylation sites (tertiary alicyclic amines) is 1. The number of carbonyl (C=O) groups is 2. The van der Waals surface area contributed by atoms with Gasteiger partial charge in [0.05, 0.1) is 6.42 Å². The van der Waals surface area contributed by atoms with E-state index in [0.717, 1.165) is 28.5 Å². The van der Waals surface area contributed by atoms with Gasteiger partial charge in [-0.05, 0) is 95.3 Å². The van der Waals surface area contributed by atoms with Gasteiger partial charge >= 0.3 is 12.3 Å². The molecule has 5 rings (SSSR count). The lowest BCUT2D eigenvalue weighted by atomic mass is 9.93. The minimum atomic E-state index is -4.77. The lowest BCUT2D eigenvalue weighted by molar-refractivity contribution is -0.274. The standard InChI is InChI=1S/C33H29Cl2F3N2O4/c1-19(20-2-4-21(5-3-20)32(43)39-11-10-31(41)42)40-18-26(25-13-27(34)17-28(35)14-25)16-30(40)24-7-6-23-15-29(44-33(36,37)38)9-8-22(23)12-24/h2-9,12-15,17,19,26,30H,10-11,16,18H2,1H3,(H,39,43)(H,41,42)/t19?,26-,30-/m1/s1. The Kier molecular flexibility index (Phi) is 9.39. The number of ether oxygens (including phenoxy) is 1. The SMILES string of the molecule is CC(c1ccc(C(=O)NCCC(=O)O)cc1)N1C[C@H](c2cc(Cl)cc(Cl)c2)C[C@@H]1c1ccc2cc(OC(F)(F)F)ccc2c1. The molecule has 1 heterocycles. The van der Waals surface area contributed by atoms with Crippen LogP contribution in [-0.2, 0) is 4.79 Å². The number of carboxylic acids is 1. The molecule has 1 fully saturated rings. The molecule has 0 spiro atoms. The van der Waals surface area contributed by atoms with Crippen LogP contribution in [0.4, 0.5) is 13.2 Å². The van der Waals surface area contributed by atoms with Gasteiger partial charge in [-0.1, -0.05) is 53.5 Å². The van der Waals surface area contributed by atoms with Crippen LogP contribution < -0.4 is 10.1 Å². The summed E-state index contributed by atoms with van der Waals surface area (Å²) in [6.45, 7) is 2.82. The molecule has 0 aromatic heterocycles. The van der Waals surface area contributed by atoms with E-state index in [2.05, 4.69) is 21.9 Å². The smallest absolute Gasteiger partial charge is 0.481 e. The van der Waals surface area contributed by atoms with Crippen LogP contribution >= 0.6 is 23.2 Å². The molecule has 1 unspecified atom stereocenters. The molecule has 3 atom stereocenters. The summed E-state index contributed by atoms with van der Waals surface area (Å²) in [7, 11) is 0. The van der Waals surface area contributed by atoms with Crippen LogP contribution in [0.5, 0.6) is 5.75 Å². The number of benzene rings is 4. The number of carbonyl (C=O) groups excluding carboxylic acids is 1. The highest BCUT2D eigenvalue weighted by Crippen LogP contribution is 2.46. The minimum Gasteiger partial charge on any atom is -0.481 e. The van der Waals surface area contributed by atoms with Crippen molar-refractivity contribution >= 4 is 45.9 Å². The molecule has 2 N–H and O–H groups in total. The van der Waals surface area contributed by atoms with Crippen LogP contribution in [0.3, 0.4) is 0 Å². The molecule has 0 saturated carbocycles. The molecule has 0 bridgehead atoms. The maximum Gasteiger partial charge on any atom is 0.573 e. The molecule has 0 aliphatic carbocycles. The topological polar surface area (TPSA) is 78.9 Å². The second-order valence-corrected chi connectivity index (χ2v) is 11.7. The van der Waals surface area contributed by atoms with Crippen LogP contribution in [0, 0.1) is 0 Å². The maximum atomic E-state index is 12.7. The highest BCUT2D eigenvalue weighted by Gasteiger charge is 2.37. The first-order chi connectivity index (χ1) is 20.9. The number of rotatable bonds is 9. The molecule has 230 valence electrons. The Labute approximate surface area is 262 Å². The van der Waals surface area contributed by atoms with Gasteiger partial charge in [-0.3, -0.25) is 14.5 Å². The van der Waals surface area contributed by atoms with Crippen molar-refractivity contribution in [2.24, 2.45) is 0 Å². The molecule has 4 aromatic carbocycles. The molecule has 6 nitrogen and oxygen atoms in total. The summed E-state index contributed by atoms with van der Waals surface area (Å²) in [4.78, 5) is 25.6. The molecule has 44 heavy (non-hydrogen) atoms. The highest BCUT2D eigenvalue weighted by molar-refractivity contribution is 6.34. The molecule has 1 amide bonds. The minimum absolute atomic E-state index is 0.0396. The van der Waals surface area contributed by atoms with Gasteiger partial charge in [0.2, 0.25) is 0 Å². The van der Waals surface area contributed by atoms with Gasteiger partial charge < -0.3 is 15.2 Å². The van der Waals surface area contributed by atoms with E-state index < -0.39 is 12.3 Å². The van der Waals surface area contributed by atoms with E-state index in [0.29, 0.717) is 27.5 Å². The number of nitrogens with one attached hydrogen (secondary N) is 1. The van der Waals surface area contributed by atoms with E-state index in [9.17, 15) is 22.8 Å². The van der Waals surface area contributed by atoms with Crippen molar-refractivity contribution < 1.29 is 32.6 Å². The van der Waals surface area contributed by atoms with Crippen molar-refractivity contribution in [3.8, 4) is 5.75 Å². The highest BCUT2D eigenvalue weighted by atomic mass is 35.5. The monoisotopic (exact) mass is 644 g/mol. The molecule has 1 saturated heterocycles. The van der Waals surface area contributed by atoms with Crippen LogP contribution in [0.2, 0.25) is 10.0 Å². The Bertz CT molecular complexity index is 1660. The largest absolute Gasteiger partial charge is 0.573 e. The van der Waals surface area contributed by atoms with E-state index >= 15 is 0 Å². The number of amides is 1. The third-order valence-corrected chi connectivity index (χ3v) is 8.36. The summed E-state index contributed by atoms with van der Waals surface area (Å²) in [5.41, 5.74) is 3.44. The van der Waals surface area contributed by atoms with Crippen molar-refractivity contribution in [3.05, 3.63) is 111 Å². The molecule has 0 radical (unpaired) electrons. The van der Waals surface area contributed by atoms with Crippen molar-refractivity contribution in [3.63, 3.8) is 0 Å². The number of halogens is 5. The Morgan fingerprint density at radius 3 is 2.27 bits per heavy atom. The Balaban J connectivity index is 1.43. The van der Waals surface area contributed by atoms with E-state index in [1.165, 1.54) is 12.1 Å². The van der Waals surface area contributed by atoms with E-state index in [4.69, 9.17) is 28.3 Å². The van der Waals surface area contributed by atoms with Gasteiger partial charge in [-0.25, -0.2) is 0 Å². The van der Waals surface area contributed by atoms with Crippen molar-refractivity contribution in [1.29, 1.82) is 0 Å². The second kappa shape index (κ2) is 13.1. The Hall–Kier alpha value is -3.79. The summed E-state index contributed by atoms with van der Waals surface area (Å²) >= 11 is 12.7. The molecule has 4 aromatic rings. The lowest BCUT2D eigenvalue weighted by Gasteiger charge is -2.31. The zero-order valence-electron chi connectivity index (χ0n) is 23.6. The van der Waals surface area contributed by atoms with E-state index in [1.54, 1.807) is 30.3 Å². The summed E-state index contributed by atoms with van der Waals surface area (Å²) in [6, 6.07) is 22.7. The fraction of sp³-hybridized carbons (Fsp3) is 0.273. The van der Waals surface area contributed by atoms with Crippen molar-refractivity contribution in [2.45, 2.75) is 44.1 Å². The van der Waals surface area contributed by atoms with Crippen LogP contribution in [0.15, 0.2) is 78.9 Å². The first-order valence-electron chi connectivity index (χ1n) is 14.0. The fourth-order valence-electron chi connectivity index (χ4n) is 5.81. The third kappa shape index (κ3) is 7.64. The summed E-state index contributed by atoms with van der Waals surface area (Å²) < 4.78 is 42.3. The van der Waals surface area contributed by atoms with Crippen LogP contribution in [-0.4, -0.2) is 41.3 Å². The predicted octanol–water partition coefficient (Wildman–Crippen LogP) is 8.54. The quantitative estimate of drug-likeness (QED) is 0.191. The molecular formula is C33H29Cl2F3N2O4. The Morgan fingerprint density at radius 2 is 1.61 bits per heavy atom. The summed E-state index contributed by atoms with van der Waals surface area (Å²) in [5, 5.41) is 13.9. The third-order valence-electron chi connectivity index (χ3n) is 7.93. The zero-order chi connectivity index (χ0) is 31.6. The molecule has 11 heteroatoms. The summed E-state index contributed by atoms with van der Waals surface area (Å²) in [5.74, 6) is -1.50.